The van der Waals surface area contributed by atoms with Crippen molar-refractivity contribution < 1.29 is 9.59 Å². The summed E-state index contributed by atoms with van der Waals surface area (Å²) in [6.07, 6.45) is 3.35. The Morgan fingerprint density at radius 3 is 2.60 bits per heavy atom. The Morgan fingerprint density at radius 2 is 2.00 bits per heavy atom. The molecule has 0 aliphatic carbocycles. The molecule has 1 aromatic carbocycles. The largest absolute Gasteiger partial charge is 0.352 e. The lowest BCUT2D eigenvalue weighted by molar-refractivity contribution is 0.0635. The zero-order chi connectivity index (χ0) is 14.5. The Kier molecular flexibility index (Phi) is 4.61. The standard InChI is InChI=1S/C15H21N3O2/c1-11-4-2-3-9-18(11)14(19)13-7-5-12(6-8-13)10-17-15(16)20/h5-8,11H,2-4,9-10H2,1H3,(H3,16,17,20). The van der Waals surface area contributed by atoms with Gasteiger partial charge >= 0.3 is 6.03 Å². The molecule has 1 aliphatic heterocycles. The number of urea groups is 1. The van der Waals surface area contributed by atoms with Crippen molar-refractivity contribution in [3.63, 3.8) is 0 Å². The van der Waals surface area contributed by atoms with E-state index in [4.69, 9.17) is 5.73 Å². The molecule has 5 heteroatoms. The summed E-state index contributed by atoms with van der Waals surface area (Å²) in [6, 6.07) is 7.07. The maximum atomic E-state index is 12.4. The first kappa shape index (κ1) is 14.4. The molecular weight excluding hydrogens is 254 g/mol. The Bertz CT molecular complexity index is 484. The molecule has 0 bridgehead atoms. The molecule has 108 valence electrons. The van der Waals surface area contributed by atoms with Crippen LogP contribution in [0.1, 0.15) is 42.1 Å². The fourth-order valence-electron chi connectivity index (χ4n) is 2.52. The molecule has 1 aromatic rings. The number of nitrogens with zero attached hydrogens (tertiary/aromatic N) is 1. The van der Waals surface area contributed by atoms with Crippen LogP contribution >= 0.6 is 0 Å². The van der Waals surface area contributed by atoms with Crippen LogP contribution < -0.4 is 11.1 Å². The fraction of sp³-hybridized carbons (Fsp3) is 0.467. The van der Waals surface area contributed by atoms with Crippen molar-refractivity contribution in [3.8, 4) is 0 Å². The molecule has 1 aliphatic rings. The van der Waals surface area contributed by atoms with Crippen LogP contribution in [0.25, 0.3) is 0 Å². The average Bonchev–Trinajstić information content (AvgIpc) is 2.45. The lowest BCUT2D eigenvalue weighted by atomic mass is 10.0. The number of hydrogen-bond donors (Lipinski definition) is 2. The van der Waals surface area contributed by atoms with E-state index in [1.165, 1.54) is 6.42 Å². The second kappa shape index (κ2) is 6.41. The van der Waals surface area contributed by atoms with E-state index in [9.17, 15) is 9.59 Å². The smallest absolute Gasteiger partial charge is 0.312 e. The van der Waals surface area contributed by atoms with Crippen LogP contribution in [0.15, 0.2) is 24.3 Å². The van der Waals surface area contributed by atoms with Crippen molar-refractivity contribution in [2.45, 2.75) is 38.8 Å². The van der Waals surface area contributed by atoms with Crippen LogP contribution in [0.3, 0.4) is 0 Å². The van der Waals surface area contributed by atoms with Crippen molar-refractivity contribution in [3.05, 3.63) is 35.4 Å². The Labute approximate surface area is 119 Å². The Morgan fingerprint density at radius 1 is 1.30 bits per heavy atom. The molecule has 2 rings (SSSR count). The van der Waals surface area contributed by atoms with E-state index in [1.54, 1.807) is 0 Å². The predicted octanol–water partition coefficient (Wildman–Crippen LogP) is 1.87. The van der Waals surface area contributed by atoms with Gasteiger partial charge in [0.25, 0.3) is 5.91 Å². The van der Waals surface area contributed by atoms with E-state index in [1.807, 2.05) is 29.2 Å². The third kappa shape index (κ3) is 3.50. The Hall–Kier alpha value is -2.04. The number of nitrogens with two attached hydrogens (primary N) is 1. The maximum Gasteiger partial charge on any atom is 0.312 e. The van der Waals surface area contributed by atoms with E-state index >= 15 is 0 Å². The summed E-state index contributed by atoms with van der Waals surface area (Å²) >= 11 is 0. The molecule has 0 spiro atoms. The molecule has 20 heavy (non-hydrogen) atoms. The van der Waals surface area contributed by atoms with Gasteiger partial charge in [0.2, 0.25) is 0 Å². The fourth-order valence-corrected chi connectivity index (χ4v) is 2.52. The average molecular weight is 275 g/mol. The van der Waals surface area contributed by atoms with Crippen LogP contribution in [-0.2, 0) is 6.54 Å². The zero-order valence-corrected chi connectivity index (χ0v) is 11.8. The SMILES string of the molecule is CC1CCCCN1C(=O)c1ccc(CNC(N)=O)cc1. The van der Waals surface area contributed by atoms with Gasteiger partial charge in [-0.3, -0.25) is 4.79 Å². The minimum absolute atomic E-state index is 0.0895. The quantitative estimate of drug-likeness (QED) is 0.883. The minimum atomic E-state index is -0.549. The van der Waals surface area contributed by atoms with Gasteiger partial charge in [-0.15, -0.1) is 0 Å². The number of primary amides is 1. The van der Waals surface area contributed by atoms with Crippen LogP contribution in [0, 0.1) is 0 Å². The first-order valence-corrected chi connectivity index (χ1v) is 7.01. The van der Waals surface area contributed by atoms with Gasteiger partial charge in [-0.25, -0.2) is 4.79 Å². The van der Waals surface area contributed by atoms with E-state index in [0.29, 0.717) is 18.2 Å². The molecule has 0 radical (unpaired) electrons. The molecular formula is C15H21N3O2. The van der Waals surface area contributed by atoms with Gasteiger partial charge in [-0.1, -0.05) is 12.1 Å². The van der Waals surface area contributed by atoms with E-state index in [2.05, 4.69) is 12.2 Å². The maximum absolute atomic E-state index is 12.4. The normalized spacial score (nSPS) is 18.6. The van der Waals surface area contributed by atoms with Gasteiger partial charge in [-0.05, 0) is 43.9 Å². The summed E-state index contributed by atoms with van der Waals surface area (Å²) in [6.45, 7) is 3.32. The lowest BCUT2D eigenvalue weighted by Gasteiger charge is -2.33. The van der Waals surface area contributed by atoms with Crippen molar-refractivity contribution in [1.29, 1.82) is 0 Å². The molecule has 3 N–H and O–H groups in total. The number of carbonyl (C=O) groups excluding carboxylic acids is 2. The number of piperidine rings is 1. The number of hydrogen-bond acceptors (Lipinski definition) is 2. The van der Waals surface area contributed by atoms with Crippen molar-refractivity contribution in [2.75, 3.05) is 6.54 Å². The minimum Gasteiger partial charge on any atom is -0.352 e. The van der Waals surface area contributed by atoms with Gasteiger partial charge in [0.15, 0.2) is 0 Å². The summed E-state index contributed by atoms with van der Waals surface area (Å²) in [7, 11) is 0. The molecule has 0 saturated carbocycles. The topological polar surface area (TPSA) is 75.4 Å². The van der Waals surface area contributed by atoms with Gasteiger partial charge in [-0.2, -0.15) is 0 Å². The number of carbonyl (C=O) groups is 2. The molecule has 1 unspecified atom stereocenters. The van der Waals surface area contributed by atoms with Gasteiger partial charge < -0.3 is 16.0 Å². The van der Waals surface area contributed by atoms with Crippen molar-refractivity contribution in [2.24, 2.45) is 5.73 Å². The molecule has 1 heterocycles. The van der Waals surface area contributed by atoms with Crippen LogP contribution in [-0.4, -0.2) is 29.4 Å². The number of benzene rings is 1. The van der Waals surface area contributed by atoms with Gasteiger partial charge in [0.05, 0.1) is 0 Å². The van der Waals surface area contributed by atoms with Crippen molar-refractivity contribution in [1.82, 2.24) is 10.2 Å². The highest BCUT2D eigenvalue weighted by Gasteiger charge is 2.23. The zero-order valence-electron chi connectivity index (χ0n) is 11.8. The molecule has 1 saturated heterocycles. The van der Waals surface area contributed by atoms with Gasteiger partial charge in [0, 0.05) is 24.7 Å². The third-order valence-corrected chi connectivity index (χ3v) is 3.73. The van der Waals surface area contributed by atoms with E-state index < -0.39 is 6.03 Å². The number of nitrogens with one attached hydrogen (secondary N) is 1. The van der Waals surface area contributed by atoms with E-state index in [0.717, 1.165) is 24.9 Å². The molecule has 1 fully saturated rings. The second-order valence-corrected chi connectivity index (χ2v) is 5.26. The molecule has 3 amide bonds. The number of amides is 3. The van der Waals surface area contributed by atoms with E-state index in [-0.39, 0.29) is 5.91 Å². The molecule has 5 nitrogen and oxygen atoms in total. The van der Waals surface area contributed by atoms with Crippen LogP contribution in [0.2, 0.25) is 0 Å². The molecule has 1 atom stereocenters. The summed E-state index contributed by atoms with van der Waals surface area (Å²) in [5.74, 6) is 0.0895. The van der Waals surface area contributed by atoms with Crippen LogP contribution in [0.5, 0.6) is 0 Å². The predicted molar refractivity (Wildman–Crippen MR) is 77.2 cm³/mol. The first-order valence-electron chi connectivity index (χ1n) is 7.01. The summed E-state index contributed by atoms with van der Waals surface area (Å²) < 4.78 is 0. The van der Waals surface area contributed by atoms with Crippen molar-refractivity contribution >= 4 is 11.9 Å². The van der Waals surface area contributed by atoms with Crippen LogP contribution in [0.4, 0.5) is 4.79 Å². The van der Waals surface area contributed by atoms with Gasteiger partial charge in [0.1, 0.15) is 0 Å². The number of rotatable bonds is 3. The number of likely N-dealkylation sites (tertiary alicyclic amines) is 1. The second-order valence-electron chi connectivity index (χ2n) is 5.26. The summed E-state index contributed by atoms with van der Waals surface area (Å²) in [5.41, 5.74) is 6.64. The highest BCUT2D eigenvalue weighted by Crippen LogP contribution is 2.19. The molecule has 0 aromatic heterocycles. The summed E-state index contributed by atoms with van der Waals surface area (Å²) in [5, 5.41) is 2.52. The summed E-state index contributed by atoms with van der Waals surface area (Å²) in [4.78, 5) is 25.0. The Balaban J connectivity index is 2.01. The highest BCUT2D eigenvalue weighted by molar-refractivity contribution is 5.94. The monoisotopic (exact) mass is 275 g/mol. The lowest BCUT2D eigenvalue weighted by Crippen LogP contribution is -2.42. The third-order valence-electron chi connectivity index (χ3n) is 3.73. The highest BCUT2D eigenvalue weighted by atomic mass is 16.2. The first-order chi connectivity index (χ1) is 9.58.